The van der Waals surface area contributed by atoms with E-state index in [0.29, 0.717) is 37.9 Å². The third-order valence-electron chi connectivity index (χ3n) is 8.71. The molecule has 0 spiro atoms. The van der Waals surface area contributed by atoms with E-state index < -0.39 is 65.7 Å². The molecule has 0 fully saturated rings. The SMILES string of the molecule is CC(C)[C@H](NC(=O)[C@H](CCCN=C(N)N)NC(=O)[C@@H](N)CCCCN)C(=O)N[C@@H](Cc1cnc[nH]1)C(=O)N[C@@H](Cc1cccc2ccccc12)C(N)=O. The lowest BCUT2D eigenvalue weighted by atomic mass is 9.98. The average Bonchev–Trinajstić information content (AvgIpc) is 3.64. The zero-order valence-corrected chi connectivity index (χ0v) is 30.3. The molecule has 0 radical (unpaired) electrons. The fraction of sp³-hybridized carbons (Fsp3) is 0.472. The maximum absolute atomic E-state index is 13.9. The Bertz CT molecular complexity index is 1690. The summed E-state index contributed by atoms with van der Waals surface area (Å²) in [6, 6.07) is 7.95. The van der Waals surface area contributed by atoms with Gasteiger partial charge in [-0.1, -0.05) is 62.7 Å². The van der Waals surface area contributed by atoms with E-state index in [2.05, 4.69) is 36.2 Å². The van der Waals surface area contributed by atoms with Crippen LogP contribution < -0.4 is 49.9 Å². The Morgan fingerprint density at radius 2 is 1.45 bits per heavy atom. The van der Waals surface area contributed by atoms with E-state index in [-0.39, 0.29) is 31.8 Å². The predicted molar refractivity (Wildman–Crippen MR) is 202 cm³/mol. The lowest BCUT2D eigenvalue weighted by molar-refractivity contribution is -0.135. The van der Waals surface area contributed by atoms with E-state index in [9.17, 15) is 24.0 Å². The van der Waals surface area contributed by atoms with Crippen molar-refractivity contribution >= 4 is 46.3 Å². The van der Waals surface area contributed by atoms with Crippen LogP contribution in [0.2, 0.25) is 0 Å². The molecule has 0 unspecified atom stereocenters. The zero-order chi connectivity index (χ0) is 38.9. The number of nitrogens with two attached hydrogens (primary N) is 5. The number of nitrogens with one attached hydrogen (secondary N) is 5. The van der Waals surface area contributed by atoms with Gasteiger partial charge in [0.15, 0.2) is 5.96 Å². The number of carbonyl (C=O) groups excluding carboxylic acids is 5. The molecule has 0 saturated carbocycles. The summed E-state index contributed by atoms with van der Waals surface area (Å²) < 4.78 is 0. The molecule has 0 aliphatic rings. The first-order chi connectivity index (χ1) is 25.3. The van der Waals surface area contributed by atoms with Gasteiger partial charge in [-0.25, -0.2) is 4.98 Å². The number of primary amides is 1. The van der Waals surface area contributed by atoms with Crippen molar-refractivity contribution in [1.29, 1.82) is 0 Å². The van der Waals surface area contributed by atoms with Gasteiger partial charge in [-0.15, -0.1) is 0 Å². The molecule has 5 amide bonds. The molecule has 3 rings (SSSR count). The lowest BCUT2D eigenvalue weighted by Gasteiger charge is -2.28. The number of hydrogen-bond donors (Lipinski definition) is 10. The molecule has 3 aromatic rings. The average molecular weight is 735 g/mol. The molecule has 17 heteroatoms. The number of nitrogens with zero attached hydrogens (tertiary/aromatic N) is 2. The zero-order valence-electron chi connectivity index (χ0n) is 30.3. The summed E-state index contributed by atoms with van der Waals surface area (Å²) in [4.78, 5) is 77.8. The van der Waals surface area contributed by atoms with Gasteiger partial charge in [-0.2, -0.15) is 0 Å². The van der Waals surface area contributed by atoms with E-state index in [4.69, 9.17) is 28.7 Å². The summed E-state index contributed by atoms with van der Waals surface area (Å²) in [5, 5.41) is 12.8. The van der Waals surface area contributed by atoms with Gasteiger partial charge >= 0.3 is 0 Å². The van der Waals surface area contributed by atoms with Gasteiger partial charge in [0.2, 0.25) is 29.5 Å². The van der Waals surface area contributed by atoms with Crippen molar-refractivity contribution in [3.8, 4) is 0 Å². The van der Waals surface area contributed by atoms with E-state index >= 15 is 0 Å². The number of aliphatic imine (C=N–C) groups is 1. The fourth-order valence-electron chi connectivity index (χ4n) is 5.75. The Morgan fingerprint density at radius 3 is 2.11 bits per heavy atom. The molecule has 53 heavy (non-hydrogen) atoms. The van der Waals surface area contributed by atoms with Crippen molar-refractivity contribution in [2.75, 3.05) is 13.1 Å². The normalized spacial score (nSPS) is 14.0. The monoisotopic (exact) mass is 734 g/mol. The van der Waals surface area contributed by atoms with Gasteiger partial charge in [-0.05, 0) is 54.5 Å². The summed E-state index contributed by atoms with van der Waals surface area (Å²) in [6.45, 7) is 4.11. The number of guanidine groups is 1. The van der Waals surface area contributed by atoms with Crippen LogP contribution in [-0.4, -0.2) is 88.8 Å². The van der Waals surface area contributed by atoms with Crippen LogP contribution in [0.5, 0.6) is 0 Å². The molecule has 15 N–H and O–H groups in total. The fourth-order valence-corrected chi connectivity index (χ4v) is 5.75. The second-order valence-corrected chi connectivity index (χ2v) is 13.3. The standard InChI is InChI=1S/C36H54N12O5/c1-21(2)30(48-33(51)27(14-8-16-43-36(40)41)45-32(50)26(38)13-5-6-15-37)35(53)47-29(18-24-19-42-20-44-24)34(52)46-28(31(39)49)17-23-11-7-10-22-9-3-4-12-25(22)23/h3-4,7,9-12,19-21,26-30H,5-6,8,13-18,37-38H2,1-2H3,(H2,39,49)(H,42,44)(H,45,50)(H,46,52)(H,47,53)(H,48,51)(H4,40,41,43)/t26-,27-,28-,29-,30-/m0/s1. The van der Waals surface area contributed by atoms with Crippen LogP contribution in [0.15, 0.2) is 60.0 Å². The van der Waals surface area contributed by atoms with Crippen LogP contribution in [0.25, 0.3) is 10.8 Å². The number of aromatic amines is 1. The van der Waals surface area contributed by atoms with Gasteiger partial charge < -0.3 is 54.9 Å². The molecule has 288 valence electrons. The second-order valence-electron chi connectivity index (χ2n) is 13.3. The number of benzene rings is 2. The summed E-state index contributed by atoms with van der Waals surface area (Å²) in [7, 11) is 0. The molecule has 0 saturated heterocycles. The predicted octanol–water partition coefficient (Wildman–Crippen LogP) is -1.06. The number of hydrogen-bond acceptors (Lipinski definition) is 9. The topological polar surface area (TPSA) is 305 Å². The molecule has 1 aromatic heterocycles. The number of rotatable bonds is 22. The highest BCUT2D eigenvalue weighted by Crippen LogP contribution is 2.20. The minimum Gasteiger partial charge on any atom is -0.370 e. The number of imidazole rings is 1. The number of H-pyrrole nitrogens is 1. The van der Waals surface area contributed by atoms with Crippen molar-refractivity contribution in [2.24, 2.45) is 39.6 Å². The maximum Gasteiger partial charge on any atom is 0.243 e. The van der Waals surface area contributed by atoms with Crippen LogP contribution in [0.1, 0.15) is 57.2 Å². The number of amides is 5. The van der Waals surface area contributed by atoms with E-state index in [1.165, 1.54) is 12.5 Å². The van der Waals surface area contributed by atoms with Crippen molar-refractivity contribution < 1.29 is 24.0 Å². The minimum atomic E-state index is -1.20. The molecule has 0 aliphatic heterocycles. The maximum atomic E-state index is 13.9. The largest absolute Gasteiger partial charge is 0.370 e. The number of aromatic nitrogens is 2. The Labute approximate surface area is 309 Å². The third-order valence-corrected chi connectivity index (χ3v) is 8.71. The van der Waals surface area contributed by atoms with Gasteiger partial charge in [0.1, 0.15) is 24.2 Å². The highest BCUT2D eigenvalue weighted by Gasteiger charge is 2.33. The van der Waals surface area contributed by atoms with E-state index in [1.807, 2.05) is 42.5 Å². The van der Waals surface area contributed by atoms with Crippen molar-refractivity contribution in [3.63, 3.8) is 0 Å². The first-order valence-corrected chi connectivity index (χ1v) is 17.8. The molecule has 17 nitrogen and oxygen atoms in total. The van der Waals surface area contributed by atoms with E-state index in [0.717, 1.165) is 16.3 Å². The van der Waals surface area contributed by atoms with E-state index in [1.54, 1.807) is 13.8 Å². The second kappa shape index (κ2) is 21.1. The number of unbranched alkanes of at least 4 members (excludes halogenated alkanes) is 1. The Kier molecular flexibility index (Phi) is 16.7. The van der Waals surface area contributed by atoms with Crippen molar-refractivity contribution in [2.45, 2.75) is 89.0 Å². The number of carbonyl (C=O) groups is 5. The van der Waals surface area contributed by atoms with Gasteiger partial charge in [0.05, 0.1) is 12.4 Å². The molecule has 1 heterocycles. The van der Waals surface area contributed by atoms with Crippen LogP contribution in [0.4, 0.5) is 0 Å². The van der Waals surface area contributed by atoms with Gasteiger partial charge in [0, 0.05) is 31.3 Å². The molecule has 5 atom stereocenters. The van der Waals surface area contributed by atoms with Crippen molar-refractivity contribution in [3.05, 3.63) is 66.2 Å². The van der Waals surface area contributed by atoms with Crippen LogP contribution in [0, 0.1) is 5.92 Å². The molecule has 0 bridgehead atoms. The first-order valence-electron chi connectivity index (χ1n) is 17.8. The lowest BCUT2D eigenvalue weighted by Crippen LogP contribution is -2.60. The Hall–Kier alpha value is -5.55. The first kappa shape index (κ1) is 41.9. The van der Waals surface area contributed by atoms with Gasteiger partial charge in [-0.3, -0.25) is 29.0 Å². The smallest absolute Gasteiger partial charge is 0.243 e. The Balaban J connectivity index is 1.79. The molecule has 2 aromatic carbocycles. The van der Waals surface area contributed by atoms with Crippen LogP contribution >= 0.6 is 0 Å². The molecular formula is C36H54N12O5. The third kappa shape index (κ3) is 13.5. The highest BCUT2D eigenvalue weighted by molar-refractivity contribution is 5.96. The summed E-state index contributed by atoms with van der Waals surface area (Å²) in [5.74, 6) is -3.81. The number of fused-ring (bicyclic) bond motifs is 1. The molecule has 0 aliphatic carbocycles. The Morgan fingerprint density at radius 1 is 0.774 bits per heavy atom. The highest BCUT2D eigenvalue weighted by atomic mass is 16.2. The summed E-state index contributed by atoms with van der Waals surface area (Å²) in [5.41, 5.74) is 29.6. The van der Waals surface area contributed by atoms with Crippen molar-refractivity contribution in [1.82, 2.24) is 31.2 Å². The van der Waals surface area contributed by atoms with Gasteiger partial charge in [0.25, 0.3) is 0 Å². The van der Waals surface area contributed by atoms with Crippen LogP contribution in [0.3, 0.4) is 0 Å². The summed E-state index contributed by atoms with van der Waals surface area (Å²) >= 11 is 0. The summed E-state index contributed by atoms with van der Waals surface area (Å²) in [6.07, 6.45) is 5.23. The quantitative estimate of drug-likeness (QED) is 0.0339. The minimum absolute atomic E-state index is 0.0123. The molecular weight excluding hydrogens is 680 g/mol. The van der Waals surface area contributed by atoms with Crippen LogP contribution in [-0.2, 0) is 36.8 Å².